The quantitative estimate of drug-likeness (QED) is 0.865. The summed E-state index contributed by atoms with van der Waals surface area (Å²) >= 11 is 0. The third kappa shape index (κ3) is 3.18. The van der Waals surface area contributed by atoms with Gasteiger partial charge in [-0.1, -0.05) is 0 Å². The second-order valence-corrected chi connectivity index (χ2v) is 5.46. The second kappa shape index (κ2) is 6.62. The molecule has 1 aromatic heterocycles. The van der Waals surface area contributed by atoms with Gasteiger partial charge in [-0.3, -0.25) is 4.79 Å². The molecule has 0 atom stereocenters. The largest absolute Gasteiger partial charge is 0.344 e. The lowest BCUT2D eigenvalue weighted by Crippen LogP contribution is -2.50. The van der Waals surface area contributed by atoms with Crippen molar-refractivity contribution in [3.8, 4) is 6.07 Å². The molecule has 1 aromatic carbocycles. The fourth-order valence-corrected chi connectivity index (χ4v) is 2.66. The smallest absolute Gasteiger partial charge is 0.242 e. The first-order chi connectivity index (χ1) is 11.6. The Morgan fingerprint density at radius 2 is 2.08 bits per heavy atom. The molecule has 7 heteroatoms. The van der Waals surface area contributed by atoms with Gasteiger partial charge in [-0.15, -0.1) is 0 Å². The standard InChI is InChI=1S/C17H14F2N4O/c18-14-3-4-15(19)13(8-14)10-22-6-7-23(11-16(22)24)17-12(9-20)2-1-5-21-17/h1-5,8H,6-7,10-11H2. The average molecular weight is 328 g/mol. The minimum absolute atomic E-state index is 0.0175. The average Bonchev–Trinajstić information content (AvgIpc) is 2.59. The number of nitriles is 1. The van der Waals surface area contributed by atoms with Crippen molar-refractivity contribution in [3.05, 3.63) is 59.3 Å². The predicted molar refractivity (Wildman–Crippen MR) is 82.9 cm³/mol. The SMILES string of the molecule is N#Cc1cccnc1N1CCN(Cc2cc(F)ccc2F)C(=O)C1. The van der Waals surface area contributed by atoms with E-state index in [0.29, 0.717) is 24.5 Å². The van der Waals surface area contributed by atoms with E-state index in [-0.39, 0.29) is 24.6 Å². The van der Waals surface area contributed by atoms with Crippen molar-refractivity contribution in [2.24, 2.45) is 0 Å². The van der Waals surface area contributed by atoms with Gasteiger partial charge in [0.1, 0.15) is 23.5 Å². The number of pyridine rings is 1. The first-order valence-corrected chi connectivity index (χ1v) is 7.40. The molecule has 1 amide bonds. The molecule has 2 aromatic rings. The molecule has 0 bridgehead atoms. The number of piperazine rings is 1. The first kappa shape index (κ1) is 15.9. The van der Waals surface area contributed by atoms with Crippen molar-refractivity contribution in [1.82, 2.24) is 9.88 Å². The van der Waals surface area contributed by atoms with E-state index in [2.05, 4.69) is 11.1 Å². The molecular formula is C17H14F2N4O. The van der Waals surface area contributed by atoms with Crippen LogP contribution in [0.4, 0.5) is 14.6 Å². The Labute approximate surface area is 137 Å². The fraction of sp³-hybridized carbons (Fsp3) is 0.235. The van der Waals surface area contributed by atoms with Gasteiger partial charge in [0.15, 0.2) is 0 Å². The topological polar surface area (TPSA) is 60.2 Å². The summed E-state index contributed by atoms with van der Waals surface area (Å²) in [5.74, 6) is -0.836. The molecule has 3 rings (SSSR count). The van der Waals surface area contributed by atoms with E-state index in [9.17, 15) is 13.6 Å². The highest BCUT2D eigenvalue weighted by molar-refractivity contribution is 5.83. The highest BCUT2D eigenvalue weighted by Crippen LogP contribution is 2.20. The zero-order chi connectivity index (χ0) is 17.1. The molecule has 0 saturated carbocycles. The van der Waals surface area contributed by atoms with Gasteiger partial charge < -0.3 is 9.80 Å². The Kier molecular flexibility index (Phi) is 4.38. The molecule has 1 saturated heterocycles. The Balaban J connectivity index is 1.73. The van der Waals surface area contributed by atoms with E-state index in [1.165, 1.54) is 4.90 Å². The van der Waals surface area contributed by atoms with Crippen molar-refractivity contribution >= 4 is 11.7 Å². The molecule has 0 N–H and O–H groups in total. The van der Waals surface area contributed by atoms with Crippen LogP contribution >= 0.6 is 0 Å². The van der Waals surface area contributed by atoms with Crippen LogP contribution in [0.1, 0.15) is 11.1 Å². The van der Waals surface area contributed by atoms with Crippen LogP contribution in [-0.4, -0.2) is 35.4 Å². The van der Waals surface area contributed by atoms with Crippen LogP contribution in [0.15, 0.2) is 36.5 Å². The second-order valence-electron chi connectivity index (χ2n) is 5.46. The highest BCUT2D eigenvalue weighted by Gasteiger charge is 2.26. The van der Waals surface area contributed by atoms with Gasteiger partial charge in [0.05, 0.1) is 12.1 Å². The molecule has 2 heterocycles. The number of halogens is 2. The molecule has 24 heavy (non-hydrogen) atoms. The summed E-state index contributed by atoms with van der Waals surface area (Å²) in [7, 11) is 0. The van der Waals surface area contributed by atoms with E-state index in [1.807, 2.05) is 0 Å². The summed E-state index contributed by atoms with van der Waals surface area (Å²) in [4.78, 5) is 19.7. The third-order valence-electron chi connectivity index (χ3n) is 3.89. The van der Waals surface area contributed by atoms with Crippen molar-refractivity contribution < 1.29 is 13.6 Å². The number of amides is 1. The van der Waals surface area contributed by atoms with Crippen LogP contribution in [0.2, 0.25) is 0 Å². The molecule has 1 fully saturated rings. The lowest BCUT2D eigenvalue weighted by Gasteiger charge is -2.35. The van der Waals surface area contributed by atoms with Crippen molar-refractivity contribution in [1.29, 1.82) is 5.26 Å². The predicted octanol–water partition coefficient (Wildman–Crippen LogP) is 2.08. The maximum Gasteiger partial charge on any atom is 0.242 e. The van der Waals surface area contributed by atoms with Gasteiger partial charge >= 0.3 is 0 Å². The summed E-state index contributed by atoms with van der Waals surface area (Å²) in [6.07, 6.45) is 1.56. The Hall–Kier alpha value is -3.01. The van der Waals surface area contributed by atoms with Gasteiger partial charge in [-0.05, 0) is 30.3 Å². The van der Waals surface area contributed by atoms with E-state index in [1.54, 1.807) is 23.2 Å². The summed E-state index contributed by atoms with van der Waals surface area (Å²) in [5, 5.41) is 9.13. The maximum atomic E-state index is 13.7. The molecular weight excluding hydrogens is 314 g/mol. The van der Waals surface area contributed by atoms with E-state index < -0.39 is 11.6 Å². The molecule has 122 valence electrons. The number of hydrogen-bond acceptors (Lipinski definition) is 4. The molecule has 0 unspecified atom stereocenters. The fourth-order valence-electron chi connectivity index (χ4n) is 2.66. The zero-order valence-electron chi connectivity index (χ0n) is 12.7. The number of carbonyl (C=O) groups excluding carboxylic acids is 1. The van der Waals surface area contributed by atoms with Crippen molar-refractivity contribution in [2.75, 3.05) is 24.5 Å². The van der Waals surface area contributed by atoms with Crippen LogP contribution in [0.25, 0.3) is 0 Å². The highest BCUT2D eigenvalue weighted by atomic mass is 19.1. The molecule has 0 aliphatic carbocycles. The molecule has 0 spiro atoms. The first-order valence-electron chi connectivity index (χ1n) is 7.40. The number of carbonyl (C=O) groups is 1. The summed E-state index contributed by atoms with van der Waals surface area (Å²) in [6, 6.07) is 8.55. The Morgan fingerprint density at radius 1 is 1.25 bits per heavy atom. The summed E-state index contributed by atoms with van der Waals surface area (Å²) in [6.45, 7) is 0.872. The van der Waals surface area contributed by atoms with Crippen molar-refractivity contribution in [2.45, 2.75) is 6.54 Å². The van der Waals surface area contributed by atoms with E-state index in [4.69, 9.17) is 5.26 Å². The van der Waals surface area contributed by atoms with Gasteiger partial charge in [0.2, 0.25) is 5.91 Å². The third-order valence-corrected chi connectivity index (χ3v) is 3.89. The van der Waals surface area contributed by atoms with Crippen molar-refractivity contribution in [3.63, 3.8) is 0 Å². The maximum absolute atomic E-state index is 13.7. The number of benzene rings is 1. The minimum atomic E-state index is -0.539. The van der Waals surface area contributed by atoms with Crippen LogP contribution in [0.5, 0.6) is 0 Å². The molecule has 1 aliphatic rings. The van der Waals surface area contributed by atoms with Crippen LogP contribution in [-0.2, 0) is 11.3 Å². The van der Waals surface area contributed by atoms with Gasteiger partial charge in [-0.2, -0.15) is 5.26 Å². The number of nitrogens with zero attached hydrogens (tertiary/aromatic N) is 4. The van der Waals surface area contributed by atoms with E-state index >= 15 is 0 Å². The molecule has 0 radical (unpaired) electrons. The van der Waals surface area contributed by atoms with Crippen LogP contribution in [0.3, 0.4) is 0 Å². The van der Waals surface area contributed by atoms with Gasteiger partial charge in [-0.25, -0.2) is 13.8 Å². The summed E-state index contributed by atoms with van der Waals surface area (Å²) < 4.78 is 27.0. The number of aromatic nitrogens is 1. The Morgan fingerprint density at radius 3 is 2.83 bits per heavy atom. The van der Waals surface area contributed by atoms with Gasteiger partial charge in [0, 0.05) is 31.4 Å². The minimum Gasteiger partial charge on any atom is -0.344 e. The molecule has 1 aliphatic heterocycles. The number of rotatable bonds is 3. The van der Waals surface area contributed by atoms with Crippen LogP contribution in [0, 0.1) is 23.0 Å². The number of hydrogen-bond donors (Lipinski definition) is 0. The normalized spacial score (nSPS) is 14.6. The zero-order valence-corrected chi connectivity index (χ0v) is 12.7. The molecule has 5 nitrogen and oxygen atoms in total. The monoisotopic (exact) mass is 328 g/mol. The Bertz CT molecular complexity index is 818. The van der Waals surface area contributed by atoms with Gasteiger partial charge in [0.25, 0.3) is 0 Å². The lowest BCUT2D eigenvalue weighted by molar-refractivity contribution is -0.131. The summed E-state index contributed by atoms with van der Waals surface area (Å²) in [5.41, 5.74) is 0.544. The van der Waals surface area contributed by atoms with E-state index in [0.717, 1.165) is 18.2 Å². The number of anilines is 1. The van der Waals surface area contributed by atoms with Crippen LogP contribution < -0.4 is 4.90 Å². The lowest BCUT2D eigenvalue weighted by atomic mass is 10.1.